The molecule has 1 atom stereocenters. The highest BCUT2D eigenvalue weighted by Crippen LogP contribution is 2.25. The highest BCUT2D eigenvalue weighted by molar-refractivity contribution is 5.94. The third-order valence-corrected chi connectivity index (χ3v) is 3.87. The molecule has 0 heterocycles. The first kappa shape index (κ1) is 18.5. The van der Waals surface area contributed by atoms with Crippen molar-refractivity contribution in [3.05, 3.63) is 59.7 Å². The summed E-state index contributed by atoms with van der Waals surface area (Å²) >= 11 is 0. The maximum absolute atomic E-state index is 12.3. The summed E-state index contributed by atoms with van der Waals surface area (Å²) in [6, 6.07) is 14.9. The summed E-state index contributed by atoms with van der Waals surface area (Å²) in [7, 11) is 1.53. The number of amides is 1. The van der Waals surface area contributed by atoms with Crippen LogP contribution in [0.15, 0.2) is 48.5 Å². The van der Waals surface area contributed by atoms with Crippen molar-refractivity contribution in [1.82, 2.24) is 0 Å². The average Bonchev–Trinajstić information content (AvgIpc) is 2.62. The van der Waals surface area contributed by atoms with E-state index in [2.05, 4.69) is 5.32 Å². The summed E-state index contributed by atoms with van der Waals surface area (Å²) in [5, 5.41) is 2.71. The highest BCUT2D eigenvalue weighted by Gasteiger charge is 2.21. The quantitative estimate of drug-likeness (QED) is 0.780. The van der Waals surface area contributed by atoms with E-state index in [0.717, 1.165) is 11.1 Å². The lowest BCUT2D eigenvalue weighted by molar-refractivity contribution is -0.149. The molecule has 2 rings (SSSR count). The van der Waals surface area contributed by atoms with Gasteiger partial charge in [0.2, 0.25) is 0 Å². The van der Waals surface area contributed by atoms with Gasteiger partial charge in [-0.25, -0.2) is 0 Å². The standard InChI is InChI=1S/C20H23NO4/c1-4-16(15-8-6-5-7-9-15)20(23)25-13-19(22)21-17-12-14(2)10-11-18(17)24-3/h5-12,16H,4,13H2,1-3H3,(H,21,22)/t16-/m0/s1. The van der Waals surface area contributed by atoms with E-state index in [1.54, 1.807) is 12.1 Å². The number of hydrogen-bond acceptors (Lipinski definition) is 4. The Bertz CT molecular complexity index is 728. The highest BCUT2D eigenvalue weighted by atomic mass is 16.5. The monoisotopic (exact) mass is 341 g/mol. The van der Waals surface area contributed by atoms with Crippen molar-refractivity contribution in [3.8, 4) is 5.75 Å². The van der Waals surface area contributed by atoms with Crippen LogP contribution in [0.1, 0.15) is 30.4 Å². The fourth-order valence-electron chi connectivity index (χ4n) is 2.57. The number of carbonyl (C=O) groups excluding carboxylic acids is 2. The Hall–Kier alpha value is -2.82. The third kappa shape index (κ3) is 5.08. The van der Waals surface area contributed by atoms with E-state index in [4.69, 9.17) is 9.47 Å². The number of esters is 1. The first-order valence-electron chi connectivity index (χ1n) is 8.21. The van der Waals surface area contributed by atoms with E-state index >= 15 is 0 Å². The first-order valence-corrected chi connectivity index (χ1v) is 8.21. The zero-order chi connectivity index (χ0) is 18.2. The van der Waals surface area contributed by atoms with Crippen LogP contribution in [0, 0.1) is 6.92 Å². The van der Waals surface area contributed by atoms with Crippen LogP contribution in [-0.2, 0) is 14.3 Å². The van der Waals surface area contributed by atoms with Crippen LogP contribution in [0.3, 0.4) is 0 Å². The summed E-state index contributed by atoms with van der Waals surface area (Å²) in [6.45, 7) is 3.50. The second-order valence-corrected chi connectivity index (χ2v) is 5.73. The molecule has 0 fully saturated rings. The van der Waals surface area contributed by atoms with Crippen molar-refractivity contribution in [2.75, 3.05) is 19.0 Å². The van der Waals surface area contributed by atoms with Gasteiger partial charge in [-0.05, 0) is 36.6 Å². The molecule has 0 unspecified atom stereocenters. The van der Waals surface area contributed by atoms with E-state index < -0.39 is 11.9 Å². The molecule has 2 aromatic carbocycles. The first-order chi connectivity index (χ1) is 12.0. The Balaban J connectivity index is 1.95. The van der Waals surface area contributed by atoms with Crippen molar-refractivity contribution >= 4 is 17.6 Å². The van der Waals surface area contributed by atoms with Gasteiger partial charge in [0.15, 0.2) is 6.61 Å². The van der Waals surface area contributed by atoms with Crippen molar-refractivity contribution in [2.24, 2.45) is 0 Å². The zero-order valence-corrected chi connectivity index (χ0v) is 14.7. The molecule has 25 heavy (non-hydrogen) atoms. The number of methoxy groups -OCH3 is 1. The average molecular weight is 341 g/mol. The van der Waals surface area contributed by atoms with Crippen molar-refractivity contribution in [1.29, 1.82) is 0 Å². The van der Waals surface area contributed by atoms with Gasteiger partial charge in [0.05, 0.1) is 18.7 Å². The van der Waals surface area contributed by atoms with Crippen LogP contribution in [0.5, 0.6) is 5.75 Å². The Kier molecular flexibility index (Phi) is 6.57. The van der Waals surface area contributed by atoms with E-state index in [0.29, 0.717) is 17.9 Å². The molecule has 5 heteroatoms. The minimum Gasteiger partial charge on any atom is -0.495 e. The van der Waals surface area contributed by atoms with Gasteiger partial charge >= 0.3 is 5.97 Å². The second-order valence-electron chi connectivity index (χ2n) is 5.73. The molecular formula is C20H23NO4. The van der Waals surface area contributed by atoms with E-state index in [1.165, 1.54) is 7.11 Å². The van der Waals surface area contributed by atoms with Gasteiger partial charge in [-0.1, -0.05) is 43.3 Å². The number of anilines is 1. The van der Waals surface area contributed by atoms with Gasteiger partial charge in [-0.15, -0.1) is 0 Å². The Labute approximate surface area is 148 Å². The van der Waals surface area contributed by atoms with Crippen LogP contribution in [0.25, 0.3) is 0 Å². The lowest BCUT2D eigenvalue weighted by atomic mass is 9.97. The molecule has 0 saturated carbocycles. The number of benzene rings is 2. The fraction of sp³-hybridized carbons (Fsp3) is 0.300. The topological polar surface area (TPSA) is 64.6 Å². The number of ether oxygens (including phenoxy) is 2. The Morgan fingerprint density at radius 1 is 1.12 bits per heavy atom. The molecule has 0 aliphatic carbocycles. The minimum absolute atomic E-state index is 0.334. The van der Waals surface area contributed by atoms with E-state index in [-0.39, 0.29) is 12.5 Å². The molecule has 0 spiro atoms. The van der Waals surface area contributed by atoms with E-state index in [9.17, 15) is 9.59 Å². The summed E-state index contributed by atoms with van der Waals surface area (Å²) in [5.74, 6) is -0.622. The van der Waals surface area contributed by atoms with Gasteiger partial charge < -0.3 is 14.8 Å². The van der Waals surface area contributed by atoms with Crippen LogP contribution in [0.4, 0.5) is 5.69 Å². The maximum Gasteiger partial charge on any atom is 0.313 e. The summed E-state index contributed by atoms with van der Waals surface area (Å²) in [6.07, 6.45) is 0.607. The molecule has 0 saturated heterocycles. The summed E-state index contributed by atoms with van der Waals surface area (Å²) in [5.41, 5.74) is 2.43. The van der Waals surface area contributed by atoms with E-state index in [1.807, 2.05) is 50.2 Å². The smallest absolute Gasteiger partial charge is 0.313 e. The van der Waals surface area contributed by atoms with Crippen LogP contribution >= 0.6 is 0 Å². The van der Waals surface area contributed by atoms with Crippen LogP contribution in [0.2, 0.25) is 0 Å². The number of carbonyl (C=O) groups is 2. The molecule has 0 radical (unpaired) electrons. The Morgan fingerprint density at radius 2 is 1.84 bits per heavy atom. The molecule has 1 amide bonds. The number of nitrogens with one attached hydrogen (secondary N) is 1. The normalized spacial score (nSPS) is 11.5. The molecule has 132 valence electrons. The van der Waals surface area contributed by atoms with Gasteiger partial charge in [-0.2, -0.15) is 0 Å². The fourth-order valence-corrected chi connectivity index (χ4v) is 2.57. The molecule has 0 aromatic heterocycles. The SMILES string of the molecule is CC[C@H](C(=O)OCC(=O)Nc1cc(C)ccc1OC)c1ccccc1. The molecule has 2 aromatic rings. The summed E-state index contributed by atoms with van der Waals surface area (Å²) in [4.78, 5) is 24.4. The minimum atomic E-state index is -0.403. The third-order valence-electron chi connectivity index (χ3n) is 3.87. The molecule has 0 aliphatic heterocycles. The van der Waals surface area contributed by atoms with Gasteiger partial charge in [0, 0.05) is 0 Å². The number of hydrogen-bond donors (Lipinski definition) is 1. The van der Waals surface area contributed by atoms with Crippen molar-refractivity contribution < 1.29 is 19.1 Å². The maximum atomic E-state index is 12.3. The van der Waals surface area contributed by atoms with Gasteiger partial charge in [0.25, 0.3) is 5.91 Å². The second kappa shape index (κ2) is 8.87. The molecule has 0 aliphatic rings. The van der Waals surface area contributed by atoms with Gasteiger partial charge in [0.1, 0.15) is 5.75 Å². The predicted octanol–water partition coefficient (Wildman–Crippen LogP) is 3.68. The van der Waals surface area contributed by atoms with Crippen molar-refractivity contribution in [3.63, 3.8) is 0 Å². The van der Waals surface area contributed by atoms with Gasteiger partial charge in [-0.3, -0.25) is 9.59 Å². The summed E-state index contributed by atoms with van der Waals surface area (Å²) < 4.78 is 10.4. The van der Waals surface area contributed by atoms with Crippen LogP contribution < -0.4 is 10.1 Å². The predicted molar refractivity (Wildman–Crippen MR) is 96.8 cm³/mol. The number of rotatable bonds is 7. The van der Waals surface area contributed by atoms with Crippen LogP contribution in [-0.4, -0.2) is 25.6 Å². The molecule has 1 N–H and O–H groups in total. The Morgan fingerprint density at radius 3 is 2.48 bits per heavy atom. The lowest BCUT2D eigenvalue weighted by Crippen LogP contribution is -2.24. The lowest BCUT2D eigenvalue weighted by Gasteiger charge is -2.15. The number of aryl methyl sites for hydroxylation is 1. The van der Waals surface area contributed by atoms with Crippen molar-refractivity contribution in [2.45, 2.75) is 26.2 Å². The molecule has 0 bridgehead atoms. The zero-order valence-electron chi connectivity index (χ0n) is 14.7. The molecule has 5 nitrogen and oxygen atoms in total. The molecular weight excluding hydrogens is 318 g/mol. The largest absolute Gasteiger partial charge is 0.495 e.